The van der Waals surface area contributed by atoms with Crippen LogP contribution >= 0.6 is 0 Å². The molecule has 168 valence electrons. The van der Waals surface area contributed by atoms with Crippen LogP contribution < -0.4 is 14.5 Å². The van der Waals surface area contributed by atoms with Crippen LogP contribution in [0.5, 0.6) is 5.75 Å². The summed E-state index contributed by atoms with van der Waals surface area (Å²) in [6.07, 6.45) is 5.04. The van der Waals surface area contributed by atoms with E-state index >= 15 is 0 Å². The number of para-hydroxylation sites is 2. The van der Waals surface area contributed by atoms with E-state index in [1.54, 1.807) is 0 Å². The number of hydrogen-bond acceptors (Lipinski definition) is 4. The van der Waals surface area contributed by atoms with Crippen molar-refractivity contribution in [2.24, 2.45) is 0 Å². The highest BCUT2D eigenvalue weighted by Gasteiger charge is 2.52. The van der Waals surface area contributed by atoms with E-state index in [4.69, 9.17) is 4.74 Å². The molecular weight excluding hydrogens is 398 g/mol. The maximum absolute atomic E-state index is 12.6. The number of ether oxygens (including phenoxy) is 1. The summed E-state index contributed by atoms with van der Waals surface area (Å²) in [5, 5.41) is 0. The molecule has 1 saturated heterocycles. The number of benzene rings is 2. The van der Waals surface area contributed by atoms with Crippen LogP contribution in [-0.4, -0.2) is 56.2 Å². The molecule has 2 aromatic rings. The van der Waals surface area contributed by atoms with Crippen molar-refractivity contribution in [3.05, 3.63) is 53.1 Å². The summed E-state index contributed by atoms with van der Waals surface area (Å²) in [5.41, 5.74) is 6.69. The number of rotatable bonds is 4. The molecule has 0 aliphatic carbocycles. The van der Waals surface area contributed by atoms with Crippen LogP contribution in [-0.2, 0) is 17.6 Å². The monoisotopic (exact) mass is 431 g/mol. The average molecular weight is 432 g/mol. The average Bonchev–Trinajstić information content (AvgIpc) is 3.34. The molecule has 1 fully saturated rings. The minimum atomic E-state index is 0.106. The first kappa shape index (κ1) is 20.1. The Morgan fingerprint density at radius 2 is 2.00 bits per heavy atom. The zero-order valence-electron chi connectivity index (χ0n) is 19.3. The highest BCUT2D eigenvalue weighted by molar-refractivity contribution is 5.99. The van der Waals surface area contributed by atoms with Crippen molar-refractivity contribution in [2.75, 3.05) is 49.6 Å². The quantitative estimate of drug-likeness (QED) is 0.734. The number of carbonyl (C=O) groups is 1. The van der Waals surface area contributed by atoms with E-state index in [0.717, 1.165) is 69.9 Å². The first-order valence-electron chi connectivity index (χ1n) is 12.2. The van der Waals surface area contributed by atoms with Gasteiger partial charge in [0.05, 0.1) is 18.0 Å². The predicted octanol–water partition coefficient (Wildman–Crippen LogP) is 3.99. The number of aryl methyl sites for hydroxylation is 1. The number of nitrogens with zero attached hydrogens (tertiary/aromatic N) is 3. The Balaban J connectivity index is 1.20. The minimum absolute atomic E-state index is 0.106. The number of anilines is 2. The van der Waals surface area contributed by atoms with E-state index in [1.165, 1.54) is 22.4 Å². The Morgan fingerprint density at radius 3 is 2.91 bits per heavy atom. The second-order valence-corrected chi connectivity index (χ2v) is 10.1. The fraction of sp³-hybridized carbons (Fsp3) is 0.519. The van der Waals surface area contributed by atoms with Crippen molar-refractivity contribution in [2.45, 2.75) is 50.5 Å². The molecule has 4 aliphatic heterocycles. The van der Waals surface area contributed by atoms with E-state index in [0.29, 0.717) is 12.3 Å². The minimum Gasteiger partial charge on any atom is -0.493 e. The SMILES string of the molecule is CN1C(=O)CCN2c3c(cccc31)[C@@H]1CN(CCCc3cccc4c3OCC4)CC[C@@]12C. The first-order valence-corrected chi connectivity index (χ1v) is 12.2. The van der Waals surface area contributed by atoms with Gasteiger partial charge >= 0.3 is 0 Å². The van der Waals surface area contributed by atoms with Gasteiger partial charge in [-0.25, -0.2) is 0 Å². The highest BCUT2D eigenvalue weighted by Crippen LogP contribution is 2.55. The third-order valence-corrected chi connectivity index (χ3v) is 8.43. The van der Waals surface area contributed by atoms with Gasteiger partial charge in [0.1, 0.15) is 5.75 Å². The molecule has 0 saturated carbocycles. The van der Waals surface area contributed by atoms with E-state index in [-0.39, 0.29) is 11.4 Å². The fourth-order valence-corrected chi connectivity index (χ4v) is 6.56. The number of likely N-dealkylation sites (tertiary alicyclic amines) is 1. The second kappa shape index (κ2) is 7.51. The topological polar surface area (TPSA) is 36.0 Å². The summed E-state index contributed by atoms with van der Waals surface area (Å²) >= 11 is 0. The van der Waals surface area contributed by atoms with Gasteiger partial charge in [-0.2, -0.15) is 0 Å². The van der Waals surface area contributed by atoms with Crippen molar-refractivity contribution in [1.82, 2.24) is 4.90 Å². The van der Waals surface area contributed by atoms with Gasteiger partial charge in [-0.1, -0.05) is 30.3 Å². The number of amides is 1. The standard InChI is InChI=1S/C27H33N3O2/c1-27-13-16-29(14-5-8-19-6-3-7-20-12-17-32-26(19)20)18-22(27)21-9-4-10-23-25(21)30(27)15-11-24(31)28(23)2/h3-4,6-7,9-10,22H,5,8,11-18H2,1-2H3/t22-,27-/m0/s1. The van der Waals surface area contributed by atoms with Gasteiger partial charge in [-0.15, -0.1) is 0 Å². The van der Waals surface area contributed by atoms with Crippen molar-refractivity contribution in [3.8, 4) is 5.75 Å². The largest absolute Gasteiger partial charge is 0.493 e. The number of hydrogen-bond donors (Lipinski definition) is 0. The maximum Gasteiger partial charge on any atom is 0.228 e. The molecule has 0 unspecified atom stereocenters. The fourth-order valence-electron chi connectivity index (χ4n) is 6.56. The lowest BCUT2D eigenvalue weighted by Gasteiger charge is -2.47. The second-order valence-electron chi connectivity index (χ2n) is 10.1. The van der Waals surface area contributed by atoms with E-state index < -0.39 is 0 Å². The lowest BCUT2D eigenvalue weighted by molar-refractivity contribution is -0.118. The molecule has 0 spiro atoms. The summed E-state index contributed by atoms with van der Waals surface area (Å²) in [7, 11) is 1.93. The molecule has 5 nitrogen and oxygen atoms in total. The highest BCUT2D eigenvalue weighted by atomic mass is 16.5. The molecule has 6 rings (SSSR count). The Kier molecular flexibility index (Phi) is 4.72. The molecule has 5 heteroatoms. The van der Waals surface area contributed by atoms with Crippen molar-refractivity contribution < 1.29 is 9.53 Å². The molecule has 2 aromatic carbocycles. The van der Waals surface area contributed by atoms with Crippen molar-refractivity contribution >= 4 is 17.3 Å². The molecule has 0 N–H and O–H groups in total. The van der Waals surface area contributed by atoms with Gasteiger partial charge in [0.25, 0.3) is 0 Å². The molecule has 0 radical (unpaired) electrons. The molecule has 1 amide bonds. The van der Waals surface area contributed by atoms with Crippen LogP contribution in [0.1, 0.15) is 48.8 Å². The number of piperidine rings is 1. The van der Waals surface area contributed by atoms with Gasteiger partial charge in [-0.05, 0) is 55.5 Å². The van der Waals surface area contributed by atoms with E-state index in [1.807, 2.05) is 11.9 Å². The third kappa shape index (κ3) is 2.97. The number of fused-ring (bicyclic) bond motifs is 4. The van der Waals surface area contributed by atoms with Crippen LogP contribution in [0.2, 0.25) is 0 Å². The third-order valence-electron chi connectivity index (χ3n) is 8.43. The smallest absolute Gasteiger partial charge is 0.228 e. The molecular formula is C27H33N3O2. The van der Waals surface area contributed by atoms with Gasteiger partial charge < -0.3 is 19.4 Å². The van der Waals surface area contributed by atoms with Gasteiger partial charge in [0.15, 0.2) is 0 Å². The zero-order chi connectivity index (χ0) is 21.9. The summed E-state index contributed by atoms with van der Waals surface area (Å²) in [6.45, 7) is 7.45. The maximum atomic E-state index is 12.6. The molecule has 2 atom stereocenters. The van der Waals surface area contributed by atoms with Crippen LogP contribution in [0.25, 0.3) is 0 Å². The van der Waals surface area contributed by atoms with E-state index in [9.17, 15) is 4.79 Å². The van der Waals surface area contributed by atoms with Crippen LogP contribution in [0.15, 0.2) is 36.4 Å². The van der Waals surface area contributed by atoms with Crippen LogP contribution in [0.3, 0.4) is 0 Å². The molecule has 4 aliphatic rings. The van der Waals surface area contributed by atoms with Crippen LogP contribution in [0, 0.1) is 0 Å². The summed E-state index contributed by atoms with van der Waals surface area (Å²) < 4.78 is 5.90. The number of carbonyl (C=O) groups excluding carboxylic acids is 1. The Morgan fingerprint density at radius 1 is 1.12 bits per heavy atom. The van der Waals surface area contributed by atoms with Crippen molar-refractivity contribution in [1.29, 1.82) is 0 Å². The van der Waals surface area contributed by atoms with Crippen LogP contribution in [0.4, 0.5) is 11.4 Å². The molecule has 0 bridgehead atoms. The normalized spacial score (nSPS) is 26.4. The Hall–Kier alpha value is -2.53. The Bertz CT molecular complexity index is 1070. The summed E-state index contributed by atoms with van der Waals surface area (Å²) in [4.78, 5) is 19.7. The van der Waals surface area contributed by atoms with Gasteiger partial charge in [0, 0.05) is 51.0 Å². The lowest BCUT2D eigenvalue weighted by atomic mass is 9.77. The first-order chi connectivity index (χ1) is 15.6. The zero-order valence-corrected chi connectivity index (χ0v) is 19.3. The Labute approximate surface area is 190 Å². The van der Waals surface area contributed by atoms with Gasteiger partial charge in [0.2, 0.25) is 5.91 Å². The predicted molar refractivity (Wildman–Crippen MR) is 128 cm³/mol. The summed E-state index contributed by atoms with van der Waals surface area (Å²) in [6, 6.07) is 13.2. The lowest BCUT2D eigenvalue weighted by Crippen LogP contribution is -2.55. The van der Waals surface area contributed by atoms with Gasteiger partial charge in [-0.3, -0.25) is 4.79 Å². The molecule has 32 heavy (non-hydrogen) atoms. The summed E-state index contributed by atoms with van der Waals surface area (Å²) in [5.74, 6) is 1.87. The molecule has 0 aromatic heterocycles. The molecule has 4 heterocycles. The van der Waals surface area contributed by atoms with Crippen molar-refractivity contribution in [3.63, 3.8) is 0 Å². The van der Waals surface area contributed by atoms with E-state index in [2.05, 4.69) is 53.1 Å².